The molecule has 0 unspecified atom stereocenters. The fraction of sp³-hybridized carbons (Fsp3) is 0.657. The van der Waals surface area contributed by atoms with E-state index in [1.54, 1.807) is 20.8 Å². The monoisotopic (exact) mass is 1680 g/mol. The van der Waals surface area contributed by atoms with Gasteiger partial charge in [0.15, 0.2) is 18.3 Å². The van der Waals surface area contributed by atoms with Gasteiger partial charge in [0.1, 0.15) is 46.9 Å². The molecule has 0 bridgehead atoms. The molecule has 50 heteroatoms. The summed E-state index contributed by atoms with van der Waals surface area (Å²) in [5.41, 5.74) is -6.43. The van der Waals surface area contributed by atoms with Crippen molar-refractivity contribution >= 4 is 82.6 Å². The van der Waals surface area contributed by atoms with Gasteiger partial charge in [0.05, 0.1) is 79.1 Å². The molecule has 0 spiro atoms. The summed E-state index contributed by atoms with van der Waals surface area (Å²) in [6.07, 6.45) is -19.2. The Labute approximate surface area is 659 Å². The average Bonchev–Trinajstić information content (AvgIpc) is 1.64. The smallest absolute Gasteiger partial charge is 0.407 e. The number of aromatic nitrogens is 6. The molecule has 3 aromatic heterocycles. The third-order valence-corrected chi connectivity index (χ3v) is 17.0. The molecule has 3 fully saturated rings. The number of nitrogens with zero attached hydrogens (tertiary/aromatic N) is 6. The molecule has 117 heavy (non-hydrogen) atoms. The lowest BCUT2D eigenvalue weighted by molar-refractivity contribution is -0.141. The first-order valence-corrected chi connectivity index (χ1v) is 36.5. The van der Waals surface area contributed by atoms with E-state index in [-0.39, 0.29) is 134 Å². The molecule has 3 saturated heterocycles. The molecule has 9 atom stereocenters. The van der Waals surface area contributed by atoms with Crippen molar-refractivity contribution in [3.63, 3.8) is 0 Å². The number of nitrogens with one attached hydrogen (secondary N) is 11. The molecule has 44 nitrogen and oxygen atoms in total. The van der Waals surface area contributed by atoms with Gasteiger partial charge in [0.25, 0.3) is 0 Å². The van der Waals surface area contributed by atoms with E-state index in [9.17, 15) is 124 Å². The molecule has 11 amide bonds. The number of amides is 11. The van der Waals surface area contributed by atoms with Gasteiger partial charge in [-0.15, -0.1) is 0 Å². The van der Waals surface area contributed by atoms with Gasteiger partial charge in [-0.25, -0.2) is 19.2 Å². The normalized spacial score (nSPS) is 20.4. The van der Waals surface area contributed by atoms with Gasteiger partial charge in [-0.2, -0.15) is 41.3 Å². The van der Waals surface area contributed by atoms with E-state index in [4.69, 9.17) is 33.2 Å². The zero-order valence-electron chi connectivity index (χ0n) is 63.5. The highest BCUT2D eigenvalue weighted by Crippen LogP contribution is 2.44. The van der Waals surface area contributed by atoms with Crippen molar-refractivity contribution in [2.75, 3.05) is 121 Å². The first-order chi connectivity index (χ1) is 55.2. The van der Waals surface area contributed by atoms with Gasteiger partial charge in [0, 0.05) is 89.7 Å². The van der Waals surface area contributed by atoms with Crippen LogP contribution in [0.15, 0.2) is 51.2 Å². The van der Waals surface area contributed by atoms with Crippen LogP contribution in [0.3, 0.4) is 0 Å². The van der Waals surface area contributed by atoms with Gasteiger partial charge in [-0.3, -0.25) is 61.6 Å². The molecule has 3 aliphatic rings. The van der Waals surface area contributed by atoms with Crippen LogP contribution in [0, 0.1) is 0 Å². The van der Waals surface area contributed by atoms with E-state index in [2.05, 4.69) is 73.4 Å². The molecule has 0 radical (unpaired) electrons. The molecule has 0 aromatic carbocycles. The summed E-state index contributed by atoms with van der Waals surface area (Å²) in [6.45, 7) is -2.43. The average molecular weight is 1680 g/mol. The minimum Gasteiger partial charge on any atom is -0.444 e. The standard InChI is InChI=1S/C67H95F6N17O27/c1-63(2,3)117-62(110)77-21-7-11-49(100)87-64(34-111-25-15-46(97)74-18-4-8-43(94)78-28-50(101)81-40-12-22-88(59(107)84-40)56-65(68,69)53(104)37(31-91)114-56,35-112-26-16-47(98)75-19-5-9-44(95)79-29-51(102)82-41-13-23-89(60(108)85-41)57-66(70,71)54(105)38(32-92)115-57)36-113-27-17-48(99)76-20-6-10-45(96)80-30-52(103)83-42-14-24-90(61(109)86-42)58-67(72,73)55(106)39(33-93)116-58/h12-14,22-24,37-39,53-58,91-93,104-106H,4-11,15-21,25-36H2,1-3H3,(H,74,97)(H,75,98)(H,76,99)(H,77,110)(H,78,94)(H,79,95)(H,80,96)(H,87,100)(H,81,84,101,107)(H,82,85,102,108)(H,83,86,103,109)/t37-,38-,39-,53-,54-,55-,56-,57-,58-/m1/s1. The maximum atomic E-state index is 14.6. The van der Waals surface area contributed by atoms with Crippen LogP contribution < -0.4 is 75.6 Å². The van der Waals surface area contributed by atoms with Crippen molar-refractivity contribution in [1.82, 2.24) is 71.2 Å². The Balaban J connectivity index is 0.983. The number of aliphatic hydroxyl groups is 6. The second-order valence-corrected chi connectivity index (χ2v) is 27.6. The predicted octanol–water partition coefficient (Wildman–Crippen LogP) is -5.35. The summed E-state index contributed by atoms with van der Waals surface area (Å²) in [5.74, 6) is -20.1. The zero-order chi connectivity index (χ0) is 86.4. The van der Waals surface area contributed by atoms with E-state index in [1.807, 2.05) is 0 Å². The van der Waals surface area contributed by atoms with Crippen LogP contribution in [0.4, 0.5) is 48.6 Å². The maximum Gasteiger partial charge on any atom is 0.407 e. The van der Waals surface area contributed by atoms with Crippen molar-refractivity contribution in [1.29, 1.82) is 0 Å². The number of carbonyl (C=O) groups is 11. The van der Waals surface area contributed by atoms with Crippen LogP contribution in [0.5, 0.6) is 0 Å². The lowest BCUT2D eigenvalue weighted by Crippen LogP contribution is -2.58. The Morgan fingerprint density at radius 3 is 0.957 bits per heavy atom. The summed E-state index contributed by atoms with van der Waals surface area (Å²) >= 11 is 0. The molecule has 3 aromatic rings. The van der Waals surface area contributed by atoms with Gasteiger partial charge in [0.2, 0.25) is 77.8 Å². The number of anilines is 3. The SMILES string of the molecule is CC(C)(C)OC(=O)NCCCC(=O)NC(COCCC(=O)NCCCC(=O)NCC(=O)Nc1ccn([C@@H]2O[C@H](CO)[C@@H](O)C2(F)F)c(=O)n1)(COCCC(=O)NCCCC(=O)NCC(=O)Nc1ccn([C@@H]2O[C@H](CO)[C@@H](O)C2(F)F)c(=O)n1)COCCC(=O)NCCCC(=O)NCC(=O)Nc1ccn([C@@H]2O[C@H](CO)[C@@H](O)C2(F)F)c(=O)n1. The highest BCUT2D eigenvalue weighted by molar-refractivity contribution is 5.95. The second-order valence-electron chi connectivity index (χ2n) is 27.6. The minimum absolute atomic E-state index is 0.0262. The number of hydrogen-bond acceptors (Lipinski definition) is 30. The van der Waals surface area contributed by atoms with Crippen molar-refractivity contribution in [2.24, 2.45) is 0 Å². The van der Waals surface area contributed by atoms with Gasteiger partial charge < -0.3 is 122 Å². The third-order valence-electron chi connectivity index (χ3n) is 17.0. The minimum atomic E-state index is -3.99. The molecule has 0 saturated carbocycles. The number of alkyl halides is 6. The number of halogens is 6. The summed E-state index contributed by atoms with van der Waals surface area (Å²) < 4.78 is 127. The Morgan fingerprint density at radius 2 is 0.692 bits per heavy atom. The maximum absolute atomic E-state index is 14.6. The van der Waals surface area contributed by atoms with Crippen LogP contribution in [-0.2, 0) is 81.1 Å². The summed E-state index contributed by atoms with van der Waals surface area (Å²) in [7, 11) is 0. The quantitative estimate of drug-likeness (QED) is 0.0185. The molecule has 6 heterocycles. The third kappa shape index (κ3) is 29.7. The van der Waals surface area contributed by atoms with E-state index in [1.165, 1.54) is 0 Å². The van der Waals surface area contributed by atoms with Crippen molar-refractivity contribution in [2.45, 2.75) is 176 Å². The largest absolute Gasteiger partial charge is 0.444 e. The Morgan fingerprint density at radius 1 is 0.419 bits per heavy atom. The summed E-state index contributed by atoms with van der Waals surface area (Å²) in [5, 5.41) is 83.9. The van der Waals surface area contributed by atoms with Crippen LogP contribution in [0.25, 0.3) is 0 Å². The number of hydrogen-bond donors (Lipinski definition) is 17. The molecule has 652 valence electrons. The summed E-state index contributed by atoms with van der Waals surface area (Å²) in [6, 6.07) is 2.93. The van der Waals surface area contributed by atoms with Crippen LogP contribution >= 0.6 is 0 Å². The van der Waals surface area contributed by atoms with E-state index in [0.717, 1.165) is 36.8 Å². The van der Waals surface area contributed by atoms with Crippen molar-refractivity contribution in [3.8, 4) is 0 Å². The van der Waals surface area contributed by atoms with Gasteiger partial charge >= 0.3 is 40.9 Å². The number of aliphatic hydroxyl groups excluding tert-OH is 6. The highest BCUT2D eigenvalue weighted by atomic mass is 19.3. The van der Waals surface area contributed by atoms with Crippen LogP contribution in [-0.4, -0.2) is 295 Å². The number of rotatable bonds is 47. The second kappa shape index (κ2) is 44.9. The lowest BCUT2D eigenvalue weighted by Gasteiger charge is -2.34. The highest BCUT2D eigenvalue weighted by Gasteiger charge is 2.62. The summed E-state index contributed by atoms with van der Waals surface area (Å²) in [4.78, 5) is 189. The molecule has 17 N–H and O–H groups in total. The van der Waals surface area contributed by atoms with Crippen LogP contribution in [0.1, 0.15) is 110 Å². The molecule has 6 rings (SSSR count). The fourth-order valence-corrected chi connectivity index (χ4v) is 11.0. The van der Waals surface area contributed by atoms with Gasteiger partial charge in [-0.1, -0.05) is 0 Å². The number of ether oxygens (including phenoxy) is 7. The first kappa shape index (κ1) is 95.6. The molecular formula is C67H95F6N17O27. The fourth-order valence-electron chi connectivity index (χ4n) is 11.0. The molecular weight excluding hydrogens is 1590 g/mol. The van der Waals surface area contributed by atoms with E-state index >= 15 is 0 Å². The Bertz CT molecular complexity index is 3740. The van der Waals surface area contributed by atoms with E-state index in [0.29, 0.717) is 13.7 Å². The Kier molecular flexibility index (Phi) is 36.6. The van der Waals surface area contributed by atoms with Gasteiger partial charge in [-0.05, 0) is 64.7 Å². The zero-order valence-corrected chi connectivity index (χ0v) is 63.5. The topological polar surface area (TPSA) is 611 Å². The number of alkyl carbamates (subject to hydrolysis) is 1. The lowest BCUT2D eigenvalue weighted by atomic mass is 10.0. The Hall–Kier alpha value is -10.3. The number of carbonyl (C=O) groups excluding carboxylic acids is 11. The molecule has 0 aliphatic carbocycles. The predicted molar refractivity (Wildman–Crippen MR) is 384 cm³/mol. The first-order valence-electron chi connectivity index (χ1n) is 36.5. The van der Waals surface area contributed by atoms with Crippen molar-refractivity contribution < 1.29 is 143 Å². The van der Waals surface area contributed by atoms with Crippen molar-refractivity contribution in [3.05, 3.63) is 68.2 Å². The van der Waals surface area contributed by atoms with E-state index < -0.39 is 226 Å². The molecule has 3 aliphatic heterocycles. The van der Waals surface area contributed by atoms with Crippen LogP contribution in [0.2, 0.25) is 0 Å².